The number of ether oxygens (including phenoxy) is 1. The van der Waals surface area contributed by atoms with E-state index in [-0.39, 0.29) is 0 Å². The third-order valence-corrected chi connectivity index (χ3v) is 4.67. The lowest BCUT2D eigenvalue weighted by atomic mass is 10.0. The van der Waals surface area contributed by atoms with Crippen LogP contribution in [0, 0.1) is 7.11 Å². The number of rotatable bonds is 19. The standard InChI is InChI=1S/C22H43O/c1-3-4-5-6-7-8-9-10-11-12-13-14-15-16-17-18-19-20-21-22-23-2/h21-22H,2-20H2,1H3. The highest BCUT2D eigenvalue weighted by molar-refractivity contribution is 4.72. The molecule has 1 nitrogen and oxygen atoms in total. The fourth-order valence-corrected chi connectivity index (χ4v) is 3.12. The second kappa shape index (κ2) is 21.5. The number of unbranched alkanes of at least 4 members (excludes halogenated alkanes) is 17. The van der Waals surface area contributed by atoms with Crippen LogP contribution in [0.5, 0.6) is 0 Å². The predicted octanol–water partition coefficient (Wildman–Crippen LogP) is 8.35. The van der Waals surface area contributed by atoms with Crippen molar-refractivity contribution in [3.8, 4) is 0 Å². The van der Waals surface area contributed by atoms with Crippen LogP contribution >= 0.6 is 0 Å². The highest BCUT2D eigenvalue weighted by atomic mass is 16.5. The molecule has 0 aromatic heterocycles. The van der Waals surface area contributed by atoms with E-state index in [4.69, 9.17) is 0 Å². The second-order valence-electron chi connectivity index (χ2n) is 6.98. The fraction of sp³-hybridized carbons (Fsp3) is 0.864. The topological polar surface area (TPSA) is 9.23 Å². The van der Waals surface area contributed by atoms with Crippen molar-refractivity contribution in [2.75, 3.05) is 0 Å². The van der Waals surface area contributed by atoms with Gasteiger partial charge < -0.3 is 4.74 Å². The molecule has 0 aliphatic rings. The van der Waals surface area contributed by atoms with Crippen LogP contribution < -0.4 is 0 Å². The summed E-state index contributed by atoms with van der Waals surface area (Å²) in [7, 11) is 3.32. The van der Waals surface area contributed by atoms with Crippen molar-refractivity contribution in [3.05, 3.63) is 19.4 Å². The van der Waals surface area contributed by atoms with E-state index in [2.05, 4.69) is 24.8 Å². The first-order valence-electron chi connectivity index (χ1n) is 10.5. The summed E-state index contributed by atoms with van der Waals surface area (Å²) < 4.78 is 4.64. The lowest BCUT2D eigenvalue weighted by molar-refractivity contribution is 0.391. The maximum atomic E-state index is 4.64. The first kappa shape index (κ1) is 22.5. The lowest BCUT2D eigenvalue weighted by Gasteiger charge is -2.03. The van der Waals surface area contributed by atoms with E-state index in [1.54, 1.807) is 6.26 Å². The molecule has 0 fully saturated rings. The van der Waals surface area contributed by atoms with Gasteiger partial charge in [-0.05, 0) is 18.9 Å². The second-order valence-corrected chi connectivity index (χ2v) is 6.98. The van der Waals surface area contributed by atoms with Crippen molar-refractivity contribution in [1.82, 2.24) is 0 Å². The maximum Gasteiger partial charge on any atom is 0.121 e. The third kappa shape index (κ3) is 21.5. The minimum atomic E-state index is 1.13. The molecule has 0 aromatic carbocycles. The number of hydrogen-bond donors (Lipinski definition) is 0. The van der Waals surface area contributed by atoms with Gasteiger partial charge in [-0.3, -0.25) is 0 Å². The normalized spacial score (nSPS) is 11.4. The van der Waals surface area contributed by atoms with E-state index in [0.29, 0.717) is 0 Å². The average molecular weight is 324 g/mol. The maximum absolute atomic E-state index is 4.64. The molecule has 23 heavy (non-hydrogen) atoms. The van der Waals surface area contributed by atoms with Gasteiger partial charge in [-0.1, -0.05) is 110 Å². The molecule has 0 heterocycles. The first-order valence-corrected chi connectivity index (χ1v) is 10.5. The zero-order valence-corrected chi connectivity index (χ0v) is 16.0. The van der Waals surface area contributed by atoms with Gasteiger partial charge in [0.2, 0.25) is 0 Å². The van der Waals surface area contributed by atoms with E-state index in [1.807, 2.05) is 0 Å². The smallest absolute Gasteiger partial charge is 0.121 e. The molecule has 0 unspecified atom stereocenters. The van der Waals surface area contributed by atoms with Crippen molar-refractivity contribution in [2.45, 2.75) is 122 Å². The Balaban J connectivity index is 2.96. The van der Waals surface area contributed by atoms with Gasteiger partial charge in [0.15, 0.2) is 0 Å². The van der Waals surface area contributed by atoms with Crippen LogP contribution in [0.25, 0.3) is 0 Å². The van der Waals surface area contributed by atoms with E-state index >= 15 is 0 Å². The molecule has 0 bridgehead atoms. The molecule has 0 N–H and O–H groups in total. The van der Waals surface area contributed by atoms with Gasteiger partial charge in [-0.15, -0.1) is 0 Å². The Bertz CT molecular complexity index is 222. The van der Waals surface area contributed by atoms with E-state index < -0.39 is 0 Å². The minimum absolute atomic E-state index is 1.13. The van der Waals surface area contributed by atoms with Gasteiger partial charge in [0, 0.05) is 0 Å². The molecule has 1 heteroatoms. The van der Waals surface area contributed by atoms with Crippen LogP contribution in [0.3, 0.4) is 0 Å². The highest BCUT2D eigenvalue weighted by Crippen LogP contribution is 2.14. The Labute approximate surface area is 147 Å². The Hall–Kier alpha value is -0.460. The molecule has 0 aromatic rings. The zero-order chi connectivity index (χ0) is 16.8. The van der Waals surface area contributed by atoms with Gasteiger partial charge in [-0.2, -0.15) is 0 Å². The summed E-state index contributed by atoms with van der Waals surface area (Å²) >= 11 is 0. The minimum Gasteiger partial charge on any atom is -0.498 e. The highest BCUT2D eigenvalue weighted by Gasteiger charge is 1.94. The van der Waals surface area contributed by atoms with Gasteiger partial charge in [0.25, 0.3) is 0 Å². The van der Waals surface area contributed by atoms with E-state index in [1.165, 1.54) is 109 Å². The molecule has 137 valence electrons. The van der Waals surface area contributed by atoms with Crippen molar-refractivity contribution in [1.29, 1.82) is 0 Å². The molecule has 0 aliphatic heterocycles. The Morgan fingerprint density at radius 1 is 0.565 bits per heavy atom. The fourth-order valence-electron chi connectivity index (χ4n) is 3.12. The van der Waals surface area contributed by atoms with Gasteiger partial charge >= 0.3 is 0 Å². The first-order chi connectivity index (χ1) is 11.4. The molecule has 0 saturated heterocycles. The molecular weight excluding hydrogens is 280 g/mol. The molecule has 0 spiro atoms. The zero-order valence-electron chi connectivity index (χ0n) is 16.0. The molecule has 0 rings (SSSR count). The molecule has 0 amide bonds. The van der Waals surface area contributed by atoms with Crippen molar-refractivity contribution >= 4 is 0 Å². The third-order valence-electron chi connectivity index (χ3n) is 4.67. The van der Waals surface area contributed by atoms with Crippen LogP contribution in [0.4, 0.5) is 0 Å². The largest absolute Gasteiger partial charge is 0.498 e. The van der Waals surface area contributed by atoms with Gasteiger partial charge in [0.05, 0.1) is 6.26 Å². The van der Waals surface area contributed by atoms with Crippen LogP contribution in [0.15, 0.2) is 12.3 Å². The summed E-state index contributed by atoms with van der Waals surface area (Å²) in [5.41, 5.74) is 0. The van der Waals surface area contributed by atoms with Crippen LogP contribution in [-0.4, -0.2) is 0 Å². The molecule has 0 saturated carbocycles. The Morgan fingerprint density at radius 3 is 1.26 bits per heavy atom. The Morgan fingerprint density at radius 2 is 0.913 bits per heavy atom. The number of hydrogen-bond acceptors (Lipinski definition) is 1. The molecule has 0 aliphatic carbocycles. The summed E-state index contributed by atoms with van der Waals surface area (Å²) in [6, 6.07) is 0. The quantitative estimate of drug-likeness (QED) is 0.171. The molecule has 0 atom stereocenters. The molecular formula is C22H43O. The Kier molecular flexibility index (Phi) is 21.1. The molecule has 1 radical (unpaired) electrons. The number of allylic oxidation sites excluding steroid dienone is 1. The summed E-state index contributed by atoms with van der Waals surface area (Å²) in [5, 5.41) is 0. The SMILES string of the molecule is [CH2]OC=CCCCCCCCCCCCCCCCCCCC. The summed E-state index contributed by atoms with van der Waals surface area (Å²) in [4.78, 5) is 0. The van der Waals surface area contributed by atoms with Gasteiger partial charge in [-0.25, -0.2) is 0 Å². The van der Waals surface area contributed by atoms with E-state index in [0.717, 1.165) is 6.42 Å². The summed E-state index contributed by atoms with van der Waals surface area (Å²) in [6.45, 7) is 2.29. The van der Waals surface area contributed by atoms with Crippen molar-refractivity contribution in [3.63, 3.8) is 0 Å². The summed E-state index contributed by atoms with van der Waals surface area (Å²) in [6.07, 6.45) is 29.2. The monoisotopic (exact) mass is 323 g/mol. The van der Waals surface area contributed by atoms with Crippen molar-refractivity contribution < 1.29 is 4.74 Å². The van der Waals surface area contributed by atoms with Crippen LogP contribution in [0.1, 0.15) is 122 Å². The van der Waals surface area contributed by atoms with Crippen molar-refractivity contribution in [2.24, 2.45) is 0 Å². The average Bonchev–Trinajstić information content (AvgIpc) is 2.57. The van der Waals surface area contributed by atoms with E-state index in [9.17, 15) is 0 Å². The lowest BCUT2D eigenvalue weighted by Crippen LogP contribution is -1.83. The van der Waals surface area contributed by atoms with Crippen LogP contribution in [0.2, 0.25) is 0 Å². The van der Waals surface area contributed by atoms with Crippen LogP contribution in [-0.2, 0) is 4.74 Å². The predicted molar refractivity (Wildman–Crippen MR) is 104 cm³/mol. The summed E-state index contributed by atoms with van der Waals surface area (Å²) in [5.74, 6) is 0. The van der Waals surface area contributed by atoms with Gasteiger partial charge in [0.1, 0.15) is 7.11 Å².